The van der Waals surface area contributed by atoms with Crippen molar-refractivity contribution in [2.24, 2.45) is 0 Å². The van der Waals surface area contributed by atoms with Crippen LogP contribution >= 0.6 is 0 Å². The standard InChI is InChI=1S/C19H28N2O3/c1-13-7-14-8-18(22-2)15(9-19(14)24-13)10-20-11-17-12-21(5-6-23-17)16-3-4-16/h8-9,13,16-17,20H,3-7,10-12H2,1-2H3/t13-,17+/m1/s1. The van der Waals surface area contributed by atoms with E-state index in [4.69, 9.17) is 14.2 Å². The van der Waals surface area contributed by atoms with Gasteiger partial charge in [0.05, 0.1) is 19.8 Å². The van der Waals surface area contributed by atoms with Crippen LogP contribution in [0.25, 0.3) is 0 Å². The lowest BCUT2D eigenvalue weighted by Crippen LogP contribution is -2.47. The zero-order valence-electron chi connectivity index (χ0n) is 14.7. The third kappa shape index (κ3) is 3.53. The molecule has 5 nitrogen and oxygen atoms in total. The summed E-state index contributed by atoms with van der Waals surface area (Å²) < 4.78 is 17.4. The third-order valence-electron chi connectivity index (χ3n) is 5.22. The molecule has 1 aromatic rings. The SMILES string of the molecule is COc1cc2c(cc1CNC[C@H]1CN(C3CC3)CCO1)O[C@H](C)C2. The van der Waals surface area contributed by atoms with Crippen LogP contribution in [0.1, 0.15) is 30.9 Å². The van der Waals surface area contributed by atoms with Gasteiger partial charge in [-0.25, -0.2) is 0 Å². The molecular formula is C19H28N2O3. The van der Waals surface area contributed by atoms with Crippen molar-refractivity contribution in [2.75, 3.05) is 33.4 Å². The summed E-state index contributed by atoms with van der Waals surface area (Å²) in [5.41, 5.74) is 2.40. The molecule has 24 heavy (non-hydrogen) atoms. The molecule has 0 spiro atoms. The van der Waals surface area contributed by atoms with E-state index in [1.807, 2.05) is 0 Å². The summed E-state index contributed by atoms with van der Waals surface area (Å²) >= 11 is 0. The number of ether oxygens (including phenoxy) is 3. The molecule has 2 aliphatic heterocycles. The topological polar surface area (TPSA) is 43.0 Å². The first-order chi connectivity index (χ1) is 11.7. The van der Waals surface area contributed by atoms with Crippen molar-refractivity contribution in [3.8, 4) is 11.5 Å². The van der Waals surface area contributed by atoms with Crippen LogP contribution in [0.4, 0.5) is 0 Å². The van der Waals surface area contributed by atoms with Gasteiger partial charge >= 0.3 is 0 Å². The Labute approximate surface area is 144 Å². The average molecular weight is 332 g/mol. The summed E-state index contributed by atoms with van der Waals surface area (Å²) in [6.07, 6.45) is 4.25. The number of fused-ring (bicyclic) bond motifs is 1. The molecule has 1 saturated heterocycles. The van der Waals surface area contributed by atoms with Gasteiger partial charge in [-0.2, -0.15) is 0 Å². The second kappa shape index (κ2) is 6.90. The smallest absolute Gasteiger partial charge is 0.123 e. The van der Waals surface area contributed by atoms with E-state index in [1.165, 1.54) is 18.4 Å². The van der Waals surface area contributed by atoms with Crippen LogP contribution in [0, 0.1) is 0 Å². The Morgan fingerprint density at radius 3 is 3.00 bits per heavy atom. The van der Waals surface area contributed by atoms with E-state index in [-0.39, 0.29) is 12.2 Å². The average Bonchev–Trinajstić information content (AvgIpc) is 3.36. The number of methoxy groups -OCH3 is 1. The fraction of sp³-hybridized carbons (Fsp3) is 0.684. The number of nitrogens with one attached hydrogen (secondary N) is 1. The van der Waals surface area contributed by atoms with E-state index in [9.17, 15) is 0 Å². The number of benzene rings is 1. The van der Waals surface area contributed by atoms with E-state index in [2.05, 4.69) is 29.3 Å². The van der Waals surface area contributed by atoms with Crippen molar-refractivity contribution in [1.82, 2.24) is 10.2 Å². The van der Waals surface area contributed by atoms with E-state index in [0.29, 0.717) is 0 Å². The monoisotopic (exact) mass is 332 g/mol. The van der Waals surface area contributed by atoms with Crippen LogP contribution in [0.5, 0.6) is 11.5 Å². The fourth-order valence-corrected chi connectivity index (χ4v) is 3.81. The fourth-order valence-electron chi connectivity index (χ4n) is 3.81. The first kappa shape index (κ1) is 16.2. The molecule has 1 saturated carbocycles. The van der Waals surface area contributed by atoms with E-state index in [0.717, 1.165) is 62.3 Å². The summed E-state index contributed by atoms with van der Waals surface area (Å²) in [6.45, 7) is 6.76. The molecular weight excluding hydrogens is 304 g/mol. The second-order valence-electron chi connectivity index (χ2n) is 7.25. The molecule has 2 heterocycles. The van der Waals surface area contributed by atoms with Crippen LogP contribution in [-0.2, 0) is 17.7 Å². The Bertz CT molecular complexity index is 588. The lowest BCUT2D eigenvalue weighted by atomic mass is 10.1. The molecule has 0 amide bonds. The molecule has 0 aromatic heterocycles. The van der Waals surface area contributed by atoms with Gasteiger partial charge in [0.25, 0.3) is 0 Å². The van der Waals surface area contributed by atoms with Gasteiger partial charge in [0.15, 0.2) is 0 Å². The van der Waals surface area contributed by atoms with Crippen molar-refractivity contribution < 1.29 is 14.2 Å². The number of hydrogen-bond donors (Lipinski definition) is 1. The van der Waals surface area contributed by atoms with Crippen LogP contribution in [0.2, 0.25) is 0 Å². The van der Waals surface area contributed by atoms with Crippen molar-refractivity contribution >= 4 is 0 Å². The van der Waals surface area contributed by atoms with E-state index in [1.54, 1.807) is 7.11 Å². The van der Waals surface area contributed by atoms with Gasteiger partial charge < -0.3 is 19.5 Å². The first-order valence-corrected chi connectivity index (χ1v) is 9.15. The zero-order valence-corrected chi connectivity index (χ0v) is 14.7. The maximum absolute atomic E-state index is 5.91. The summed E-state index contributed by atoms with van der Waals surface area (Å²) in [5, 5.41) is 3.54. The van der Waals surface area contributed by atoms with Crippen LogP contribution in [0.15, 0.2) is 12.1 Å². The zero-order chi connectivity index (χ0) is 16.5. The number of nitrogens with zero attached hydrogens (tertiary/aromatic N) is 1. The van der Waals surface area contributed by atoms with Gasteiger partial charge in [-0.15, -0.1) is 0 Å². The molecule has 2 atom stereocenters. The van der Waals surface area contributed by atoms with Crippen molar-refractivity contribution in [2.45, 2.75) is 51.0 Å². The van der Waals surface area contributed by atoms with Gasteiger partial charge in [-0.1, -0.05) is 0 Å². The predicted octanol–water partition coefficient (Wildman–Crippen LogP) is 1.97. The molecule has 132 valence electrons. The Morgan fingerprint density at radius 1 is 1.33 bits per heavy atom. The normalized spacial score (nSPS) is 26.9. The molecule has 5 heteroatoms. The first-order valence-electron chi connectivity index (χ1n) is 9.15. The van der Waals surface area contributed by atoms with Crippen LogP contribution in [-0.4, -0.2) is 56.5 Å². The summed E-state index contributed by atoms with van der Waals surface area (Å²) in [4.78, 5) is 2.58. The quantitative estimate of drug-likeness (QED) is 0.863. The lowest BCUT2D eigenvalue weighted by Gasteiger charge is -2.33. The molecule has 2 fully saturated rings. The van der Waals surface area contributed by atoms with Gasteiger partial charge in [0, 0.05) is 49.8 Å². The molecule has 0 radical (unpaired) electrons. The van der Waals surface area contributed by atoms with Gasteiger partial charge in [-0.05, 0) is 31.9 Å². The van der Waals surface area contributed by atoms with Gasteiger partial charge in [0.1, 0.15) is 17.6 Å². The number of morpholine rings is 1. The van der Waals surface area contributed by atoms with E-state index >= 15 is 0 Å². The molecule has 1 N–H and O–H groups in total. The van der Waals surface area contributed by atoms with Gasteiger partial charge in [0.2, 0.25) is 0 Å². The predicted molar refractivity (Wildman–Crippen MR) is 92.8 cm³/mol. The van der Waals surface area contributed by atoms with E-state index < -0.39 is 0 Å². The molecule has 1 aliphatic carbocycles. The Balaban J connectivity index is 1.33. The molecule has 3 aliphatic rings. The summed E-state index contributed by atoms with van der Waals surface area (Å²) in [6, 6.07) is 5.08. The van der Waals surface area contributed by atoms with Gasteiger partial charge in [-0.3, -0.25) is 4.90 Å². The highest BCUT2D eigenvalue weighted by molar-refractivity contribution is 5.48. The molecule has 0 bridgehead atoms. The minimum atomic E-state index is 0.261. The Kier molecular flexibility index (Phi) is 4.66. The highest BCUT2D eigenvalue weighted by Crippen LogP contribution is 2.35. The summed E-state index contributed by atoms with van der Waals surface area (Å²) in [7, 11) is 1.74. The minimum Gasteiger partial charge on any atom is -0.496 e. The Hall–Kier alpha value is -1.30. The largest absolute Gasteiger partial charge is 0.496 e. The van der Waals surface area contributed by atoms with Crippen molar-refractivity contribution in [3.05, 3.63) is 23.3 Å². The van der Waals surface area contributed by atoms with Crippen molar-refractivity contribution in [1.29, 1.82) is 0 Å². The molecule has 1 aromatic carbocycles. The number of hydrogen-bond acceptors (Lipinski definition) is 5. The highest BCUT2D eigenvalue weighted by atomic mass is 16.5. The third-order valence-corrected chi connectivity index (χ3v) is 5.22. The second-order valence-corrected chi connectivity index (χ2v) is 7.25. The molecule has 4 rings (SSSR count). The Morgan fingerprint density at radius 2 is 2.21 bits per heavy atom. The lowest BCUT2D eigenvalue weighted by molar-refractivity contribution is -0.0301. The van der Waals surface area contributed by atoms with Crippen LogP contribution < -0.4 is 14.8 Å². The maximum Gasteiger partial charge on any atom is 0.123 e. The minimum absolute atomic E-state index is 0.261. The number of rotatable bonds is 6. The molecule has 0 unspecified atom stereocenters. The van der Waals surface area contributed by atoms with Crippen molar-refractivity contribution in [3.63, 3.8) is 0 Å². The highest BCUT2D eigenvalue weighted by Gasteiger charge is 2.32. The van der Waals surface area contributed by atoms with Crippen LogP contribution in [0.3, 0.4) is 0 Å². The maximum atomic E-state index is 5.91. The summed E-state index contributed by atoms with van der Waals surface area (Å²) in [5.74, 6) is 1.96.